The summed E-state index contributed by atoms with van der Waals surface area (Å²) in [6.07, 6.45) is 8.08. The van der Waals surface area contributed by atoms with Crippen LogP contribution in [0.4, 0.5) is 0 Å². The average molecular weight is 184 g/mol. The molecule has 0 amide bonds. The van der Waals surface area contributed by atoms with Gasteiger partial charge in [-0.1, -0.05) is 0 Å². The van der Waals surface area contributed by atoms with Crippen LogP contribution in [-0.4, -0.2) is 15.6 Å². The first-order valence-electron chi connectivity index (χ1n) is 4.11. The quantitative estimate of drug-likeness (QED) is 0.630. The van der Waals surface area contributed by atoms with Crippen LogP contribution in [0, 0.1) is 0 Å². The molecule has 0 aromatic rings. The molecule has 0 saturated heterocycles. The molecular weight excluding hydrogens is 168 g/mol. The summed E-state index contributed by atoms with van der Waals surface area (Å²) in [4.78, 5) is 0. The lowest BCUT2D eigenvalue weighted by molar-refractivity contribution is 0.665. The third kappa shape index (κ3) is 3.72. The van der Waals surface area contributed by atoms with Crippen molar-refractivity contribution < 1.29 is 0 Å². The molecule has 0 aliphatic carbocycles. The van der Waals surface area contributed by atoms with Gasteiger partial charge < -0.3 is 9.62 Å². The van der Waals surface area contributed by atoms with Gasteiger partial charge >= 0.3 is 0 Å². The van der Waals surface area contributed by atoms with E-state index in [9.17, 15) is 0 Å². The van der Waals surface area contributed by atoms with E-state index >= 15 is 0 Å². The molecule has 0 aromatic carbocycles. The first-order valence-corrected chi connectivity index (χ1v) is 4.89. The number of hydrogen-bond donors (Lipinski definition) is 1. The van der Waals surface area contributed by atoms with Gasteiger partial charge in [-0.25, -0.2) is 0 Å². The Bertz CT molecular complexity index is 191. The Labute approximate surface area is 78.8 Å². The van der Waals surface area contributed by atoms with Crippen LogP contribution in [0.2, 0.25) is 0 Å². The van der Waals surface area contributed by atoms with Gasteiger partial charge in [-0.05, 0) is 45.0 Å². The third-order valence-electron chi connectivity index (χ3n) is 1.23. The number of rotatable bonds is 1. The van der Waals surface area contributed by atoms with Crippen LogP contribution in [0.3, 0.4) is 0 Å². The molecule has 0 saturated carbocycles. The van der Waals surface area contributed by atoms with Gasteiger partial charge in [-0.2, -0.15) is 0 Å². The largest absolute Gasteiger partial charge is 0.367 e. The van der Waals surface area contributed by atoms with Crippen LogP contribution < -0.4 is 5.32 Å². The molecular formula is C9H16N2S. The average Bonchev–Trinajstić information content (AvgIpc) is 2.12. The highest BCUT2D eigenvalue weighted by Crippen LogP contribution is 2.27. The Balaban J connectivity index is 2.46. The molecule has 0 fully saturated rings. The van der Waals surface area contributed by atoms with Crippen LogP contribution in [-0.2, 0) is 0 Å². The van der Waals surface area contributed by atoms with E-state index in [-0.39, 0.29) is 4.75 Å². The van der Waals surface area contributed by atoms with Crippen molar-refractivity contribution in [1.29, 1.82) is 0 Å². The smallest absolute Gasteiger partial charge is 0.0487 e. The Morgan fingerprint density at radius 1 is 1.33 bits per heavy atom. The van der Waals surface area contributed by atoms with Crippen molar-refractivity contribution in [2.45, 2.75) is 25.5 Å². The van der Waals surface area contributed by atoms with Crippen molar-refractivity contribution in [2.24, 2.45) is 0 Å². The van der Waals surface area contributed by atoms with E-state index in [1.165, 1.54) is 0 Å². The number of nitrogens with one attached hydrogen (secondary N) is 1. The van der Waals surface area contributed by atoms with Crippen LogP contribution in [0.5, 0.6) is 0 Å². The fourth-order valence-corrected chi connectivity index (χ4v) is 1.87. The minimum absolute atomic E-state index is 0.280. The van der Waals surface area contributed by atoms with Gasteiger partial charge in [0.1, 0.15) is 0 Å². The first kappa shape index (κ1) is 9.52. The minimum Gasteiger partial charge on any atom is -0.367 e. The highest BCUT2D eigenvalue weighted by Gasteiger charge is 2.14. The molecule has 1 aliphatic heterocycles. The van der Waals surface area contributed by atoms with E-state index in [1.54, 1.807) is 0 Å². The second-order valence-electron chi connectivity index (χ2n) is 3.69. The van der Waals surface area contributed by atoms with E-state index in [4.69, 9.17) is 0 Å². The third-order valence-corrected chi connectivity index (χ3v) is 2.28. The highest BCUT2D eigenvalue weighted by atomic mass is 32.2. The van der Waals surface area contributed by atoms with Gasteiger partial charge in [0.25, 0.3) is 0 Å². The van der Waals surface area contributed by atoms with E-state index in [1.807, 2.05) is 24.3 Å². The molecule has 1 aliphatic rings. The molecule has 0 bridgehead atoms. The van der Waals surface area contributed by atoms with Crippen LogP contribution in [0.15, 0.2) is 24.7 Å². The van der Waals surface area contributed by atoms with E-state index in [0.717, 1.165) is 6.54 Å². The summed E-state index contributed by atoms with van der Waals surface area (Å²) < 4.78 is 2.50. The molecule has 3 heteroatoms. The van der Waals surface area contributed by atoms with Crippen LogP contribution in [0.25, 0.3) is 0 Å². The number of hydrogen-bond acceptors (Lipinski definition) is 3. The number of nitrogens with zero attached hydrogens (tertiary/aromatic N) is 1. The van der Waals surface area contributed by atoms with Crippen LogP contribution >= 0.6 is 11.9 Å². The van der Waals surface area contributed by atoms with Gasteiger partial charge in [-0.3, -0.25) is 0 Å². The maximum absolute atomic E-state index is 3.05. The molecule has 1 heterocycles. The lowest BCUT2D eigenvalue weighted by Gasteiger charge is -2.25. The van der Waals surface area contributed by atoms with Crippen molar-refractivity contribution in [2.75, 3.05) is 6.54 Å². The monoisotopic (exact) mass is 184 g/mol. The van der Waals surface area contributed by atoms with Gasteiger partial charge in [0, 0.05) is 23.7 Å². The zero-order valence-corrected chi connectivity index (χ0v) is 8.69. The summed E-state index contributed by atoms with van der Waals surface area (Å²) in [5.41, 5.74) is 0. The fraction of sp³-hybridized carbons (Fsp3) is 0.556. The van der Waals surface area contributed by atoms with Crippen LogP contribution in [0.1, 0.15) is 20.8 Å². The Kier molecular flexibility index (Phi) is 3.09. The normalized spacial score (nSPS) is 17.4. The maximum Gasteiger partial charge on any atom is 0.0487 e. The van der Waals surface area contributed by atoms with Crippen molar-refractivity contribution in [1.82, 2.24) is 9.62 Å². The SMILES string of the molecule is CC(C)(C)SN1C=CNC=CC1. The van der Waals surface area contributed by atoms with Crippen molar-refractivity contribution in [3.8, 4) is 0 Å². The predicted molar refractivity (Wildman–Crippen MR) is 55.5 cm³/mol. The molecule has 68 valence electrons. The Morgan fingerprint density at radius 3 is 2.75 bits per heavy atom. The lowest BCUT2D eigenvalue weighted by Crippen LogP contribution is -2.18. The standard InChI is InChI=1S/C9H16N2S/c1-9(2,3)12-11-7-4-5-10-6-8-11/h4-6,8,10H,7H2,1-3H3. The summed E-state index contributed by atoms with van der Waals surface area (Å²) in [6.45, 7) is 7.61. The van der Waals surface area contributed by atoms with E-state index < -0.39 is 0 Å². The Hall–Kier alpha value is -0.570. The summed E-state index contributed by atoms with van der Waals surface area (Å²) in [5.74, 6) is 0. The highest BCUT2D eigenvalue weighted by molar-refractivity contribution is 7.98. The topological polar surface area (TPSA) is 15.3 Å². The predicted octanol–water partition coefficient (Wildman–Crippen LogP) is 2.32. The molecule has 2 nitrogen and oxygen atoms in total. The minimum atomic E-state index is 0.280. The summed E-state index contributed by atoms with van der Waals surface area (Å²) in [6, 6.07) is 0. The van der Waals surface area contributed by atoms with Gasteiger partial charge in [-0.15, -0.1) is 0 Å². The fourth-order valence-electron chi connectivity index (χ4n) is 0.887. The van der Waals surface area contributed by atoms with E-state index in [0.29, 0.717) is 0 Å². The Morgan fingerprint density at radius 2 is 2.08 bits per heavy atom. The summed E-state index contributed by atoms with van der Waals surface area (Å²) in [5, 5.41) is 3.05. The molecule has 0 radical (unpaired) electrons. The maximum atomic E-state index is 3.05. The molecule has 1 rings (SSSR count). The molecule has 0 spiro atoms. The summed E-state index contributed by atoms with van der Waals surface area (Å²) in [7, 11) is 0. The summed E-state index contributed by atoms with van der Waals surface area (Å²) >= 11 is 1.85. The van der Waals surface area contributed by atoms with Gasteiger partial charge in [0.15, 0.2) is 0 Å². The first-order chi connectivity index (χ1) is 5.58. The lowest BCUT2D eigenvalue weighted by atomic mass is 10.3. The molecule has 12 heavy (non-hydrogen) atoms. The van der Waals surface area contributed by atoms with Crippen molar-refractivity contribution in [3.05, 3.63) is 24.7 Å². The zero-order valence-electron chi connectivity index (χ0n) is 7.87. The van der Waals surface area contributed by atoms with Gasteiger partial charge in [0.2, 0.25) is 0 Å². The molecule has 0 unspecified atom stereocenters. The van der Waals surface area contributed by atoms with Gasteiger partial charge in [0.05, 0.1) is 0 Å². The zero-order chi connectivity index (χ0) is 9.03. The van der Waals surface area contributed by atoms with Crippen molar-refractivity contribution >= 4 is 11.9 Å². The van der Waals surface area contributed by atoms with E-state index in [2.05, 4.69) is 42.7 Å². The molecule has 1 N–H and O–H groups in total. The second kappa shape index (κ2) is 3.90. The van der Waals surface area contributed by atoms with Crippen molar-refractivity contribution in [3.63, 3.8) is 0 Å². The molecule has 0 atom stereocenters. The second-order valence-corrected chi connectivity index (χ2v) is 5.56. The molecule has 0 aromatic heterocycles.